The summed E-state index contributed by atoms with van der Waals surface area (Å²) in [4.78, 5) is 23.7. The van der Waals surface area contributed by atoms with Gasteiger partial charge in [-0.1, -0.05) is 42.5 Å². The Hall–Kier alpha value is -2.74. The summed E-state index contributed by atoms with van der Waals surface area (Å²) < 4.78 is 0. The van der Waals surface area contributed by atoms with E-state index in [0.29, 0.717) is 12.1 Å². The molecule has 2 unspecified atom stereocenters. The number of nitrogens with one attached hydrogen (secondary N) is 3. The summed E-state index contributed by atoms with van der Waals surface area (Å²) in [7, 11) is 0. The van der Waals surface area contributed by atoms with E-state index in [2.05, 4.69) is 22.8 Å². The Balaban J connectivity index is 1.83. The smallest absolute Gasteiger partial charge is 0.268 e. The highest BCUT2D eigenvalue weighted by molar-refractivity contribution is 5.97. The fraction of sp³-hybridized carbons (Fsp3) is 0.300. The van der Waals surface area contributed by atoms with E-state index in [0.717, 1.165) is 18.5 Å². The number of hydrogen-bond acceptors (Lipinski definition) is 5. The van der Waals surface area contributed by atoms with Crippen LogP contribution < -0.4 is 16.1 Å². The minimum atomic E-state index is -1.23. The van der Waals surface area contributed by atoms with E-state index in [-0.39, 0.29) is 0 Å². The molecule has 0 bridgehead atoms. The minimum absolute atomic E-state index is 0.361. The standard InChI is InChI=1S/C20H25N3O4/c1-14(24)18(20(26)23-27)22-19(25)17-9-7-16(8-10-17)13-21-12-11-15-5-3-2-4-6-15/h2-10,14,18,21,24,27H,11-13H2,1H3,(H,22,25)(H,23,26). The first-order valence-corrected chi connectivity index (χ1v) is 8.77. The van der Waals surface area contributed by atoms with Crippen molar-refractivity contribution in [3.63, 3.8) is 0 Å². The third-order valence-electron chi connectivity index (χ3n) is 4.14. The van der Waals surface area contributed by atoms with Crippen molar-refractivity contribution >= 4 is 11.8 Å². The first kappa shape index (κ1) is 20.6. The lowest BCUT2D eigenvalue weighted by Crippen LogP contribution is -2.51. The number of carbonyl (C=O) groups excluding carboxylic acids is 2. The number of carbonyl (C=O) groups is 2. The summed E-state index contributed by atoms with van der Waals surface area (Å²) in [6.45, 7) is 2.88. The van der Waals surface area contributed by atoms with Crippen LogP contribution in [0.5, 0.6) is 0 Å². The maximum absolute atomic E-state index is 12.2. The van der Waals surface area contributed by atoms with Crippen LogP contribution >= 0.6 is 0 Å². The predicted octanol–water partition coefficient (Wildman–Crippen LogP) is 1.00. The Morgan fingerprint density at radius 1 is 1.00 bits per heavy atom. The van der Waals surface area contributed by atoms with Crippen LogP contribution in [0, 0.1) is 0 Å². The second-order valence-electron chi connectivity index (χ2n) is 6.28. The van der Waals surface area contributed by atoms with E-state index >= 15 is 0 Å². The lowest BCUT2D eigenvalue weighted by molar-refractivity contribution is -0.133. The molecule has 2 aromatic rings. The molecular weight excluding hydrogens is 346 g/mol. The van der Waals surface area contributed by atoms with Crippen molar-refractivity contribution in [2.45, 2.75) is 32.0 Å². The average molecular weight is 371 g/mol. The first-order chi connectivity index (χ1) is 13.0. The van der Waals surface area contributed by atoms with Gasteiger partial charge in [-0.25, -0.2) is 5.48 Å². The van der Waals surface area contributed by atoms with Gasteiger partial charge in [0.1, 0.15) is 6.04 Å². The molecule has 0 saturated heterocycles. The molecular formula is C20H25N3O4. The number of aliphatic hydroxyl groups is 1. The molecule has 27 heavy (non-hydrogen) atoms. The summed E-state index contributed by atoms with van der Waals surface area (Å²) >= 11 is 0. The lowest BCUT2D eigenvalue weighted by atomic mass is 10.1. The molecule has 0 aliphatic rings. The third-order valence-corrected chi connectivity index (χ3v) is 4.14. The van der Waals surface area contributed by atoms with E-state index in [4.69, 9.17) is 5.21 Å². The molecule has 2 amide bonds. The van der Waals surface area contributed by atoms with E-state index in [1.165, 1.54) is 18.0 Å². The molecule has 144 valence electrons. The molecule has 0 radical (unpaired) electrons. The predicted molar refractivity (Wildman–Crippen MR) is 101 cm³/mol. The number of hydrogen-bond donors (Lipinski definition) is 5. The Labute approximate surface area is 158 Å². The van der Waals surface area contributed by atoms with Gasteiger partial charge in [-0.05, 0) is 43.1 Å². The van der Waals surface area contributed by atoms with Crippen LogP contribution in [0.4, 0.5) is 0 Å². The molecule has 2 rings (SSSR count). The van der Waals surface area contributed by atoms with Crippen molar-refractivity contribution in [2.75, 3.05) is 6.54 Å². The molecule has 0 saturated carbocycles. The summed E-state index contributed by atoms with van der Waals surface area (Å²) in [5.74, 6) is -1.38. The van der Waals surface area contributed by atoms with Gasteiger partial charge in [-0.15, -0.1) is 0 Å². The topological polar surface area (TPSA) is 111 Å². The van der Waals surface area contributed by atoms with Gasteiger partial charge in [0, 0.05) is 12.1 Å². The zero-order chi connectivity index (χ0) is 19.6. The molecule has 0 aliphatic heterocycles. The summed E-state index contributed by atoms with van der Waals surface area (Å²) in [5, 5.41) is 24.0. The molecule has 0 fully saturated rings. The molecule has 7 nitrogen and oxygen atoms in total. The van der Waals surface area contributed by atoms with Crippen molar-refractivity contribution < 1.29 is 19.9 Å². The van der Waals surface area contributed by atoms with Crippen molar-refractivity contribution in [2.24, 2.45) is 0 Å². The number of hydroxylamine groups is 1. The highest BCUT2D eigenvalue weighted by atomic mass is 16.5. The molecule has 2 aromatic carbocycles. The maximum Gasteiger partial charge on any atom is 0.268 e. The first-order valence-electron chi connectivity index (χ1n) is 8.77. The van der Waals surface area contributed by atoms with Gasteiger partial charge in [-0.3, -0.25) is 14.8 Å². The molecule has 0 aromatic heterocycles. The average Bonchev–Trinajstić information content (AvgIpc) is 2.69. The maximum atomic E-state index is 12.2. The van der Waals surface area contributed by atoms with E-state index in [1.807, 2.05) is 30.3 Å². The summed E-state index contributed by atoms with van der Waals surface area (Å²) in [6, 6.07) is 15.9. The zero-order valence-electron chi connectivity index (χ0n) is 15.2. The number of benzene rings is 2. The van der Waals surface area contributed by atoms with Crippen LogP contribution in [0.3, 0.4) is 0 Å². The van der Waals surface area contributed by atoms with Crippen LogP contribution in [-0.2, 0) is 17.8 Å². The molecule has 0 aliphatic carbocycles. The largest absolute Gasteiger partial charge is 0.391 e. The van der Waals surface area contributed by atoms with E-state index in [9.17, 15) is 14.7 Å². The van der Waals surface area contributed by atoms with Gasteiger partial charge >= 0.3 is 0 Å². The molecule has 2 atom stereocenters. The van der Waals surface area contributed by atoms with Crippen LogP contribution in [0.15, 0.2) is 54.6 Å². The van der Waals surface area contributed by atoms with Gasteiger partial charge in [0.15, 0.2) is 0 Å². The van der Waals surface area contributed by atoms with Crippen LogP contribution in [-0.4, -0.2) is 40.8 Å². The van der Waals surface area contributed by atoms with Crippen LogP contribution in [0.25, 0.3) is 0 Å². The number of rotatable bonds is 9. The normalized spacial score (nSPS) is 12.9. The molecule has 5 N–H and O–H groups in total. The SMILES string of the molecule is CC(O)C(NC(=O)c1ccc(CNCCc2ccccc2)cc1)C(=O)NO. The van der Waals surface area contributed by atoms with Crippen molar-refractivity contribution in [1.82, 2.24) is 16.1 Å². The fourth-order valence-corrected chi connectivity index (χ4v) is 2.58. The molecule has 0 heterocycles. The number of amides is 2. The highest BCUT2D eigenvalue weighted by Gasteiger charge is 2.25. The van der Waals surface area contributed by atoms with E-state index in [1.54, 1.807) is 12.1 Å². The second kappa shape index (κ2) is 10.4. The Kier molecular flexibility index (Phi) is 7.94. The zero-order valence-corrected chi connectivity index (χ0v) is 15.2. The Morgan fingerprint density at radius 2 is 1.67 bits per heavy atom. The number of aliphatic hydroxyl groups excluding tert-OH is 1. The van der Waals surface area contributed by atoms with Crippen molar-refractivity contribution in [3.8, 4) is 0 Å². The van der Waals surface area contributed by atoms with Crippen LogP contribution in [0.1, 0.15) is 28.4 Å². The second-order valence-corrected chi connectivity index (χ2v) is 6.28. The van der Waals surface area contributed by atoms with Gasteiger partial charge in [0.05, 0.1) is 6.10 Å². The van der Waals surface area contributed by atoms with Crippen LogP contribution in [0.2, 0.25) is 0 Å². The quantitative estimate of drug-likeness (QED) is 0.257. The van der Waals surface area contributed by atoms with Crippen molar-refractivity contribution in [1.29, 1.82) is 0 Å². The van der Waals surface area contributed by atoms with Gasteiger partial charge in [0.25, 0.3) is 11.8 Å². The van der Waals surface area contributed by atoms with Gasteiger partial charge in [0.2, 0.25) is 0 Å². The molecule has 7 heteroatoms. The summed E-state index contributed by atoms with van der Waals surface area (Å²) in [6.07, 6.45) is -0.205. The minimum Gasteiger partial charge on any atom is -0.391 e. The van der Waals surface area contributed by atoms with Gasteiger partial charge in [-0.2, -0.15) is 0 Å². The Morgan fingerprint density at radius 3 is 2.26 bits per heavy atom. The van der Waals surface area contributed by atoms with E-state index < -0.39 is 24.0 Å². The Bertz CT molecular complexity index is 733. The summed E-state index contributed by atoms with van der Waals surface area (Å²) in [5.41, 5.74) is 4.09. The van der Waals surface area contributed by atoms with Gasteiger partial charge < -0.3 is 15.7 Å². The monoisotopic (exact) mass is 371 g/mol. The fourth-order valence-electron chi connectivity index (χ4n) is 2.58. The molecule has 0 spiro atoms. The highest BCUT2D eigenvalue weighted by Crippen LogP contribution is 2.06. The lowest BCUT2D eigenvalue weighted by Gasteiger charge is -2.19. The third kappa shape index (κ3) is 6.49. The van der Waals surface area contributed by atoms with Crippen molar-refractivity contribution in [3.05, 3.63) is 71.3 Å².